The van der Waals surface area contributed by atoms with Gasteiger partial charge in [-0.05, 0) is 38.4 Å². The van der Waals surface area contributed by atoms with Gasteiger partial charge in [-0.2, -0.15) is 5.10 Å². The Hall–Kier alpha value is -2.78. The summed E-state index contributed by atoms with van der Waals surface area (Å²) in [5.74, 6) is 0.740. The minimum atomic E-state index is -0.118. The van der Waals surface area contributed by atoms with Crippen LogP contribution in [0.25, 0.3) is 0 Å². The van der Waals surface area contributed by atoms with E-state index in [1.54, 1.807) is 4.90 Å². The number of fused-ring (bicyclic) bond motifs is 1. The fourth-order valence-corrected chi connectivity index (χ4v) is 5.43. The molecule has 0 bridgehead atoms. The van der Waals surface area contributed by atoms with Crippen LogP contribution >= 0.6 is 11.3 Å². The topological polar surface area (TPSA) is 87.1 Å². The van der Waals surface area contributed by atoms with Crippen LogP contribution in [0.5, 0.6) is 0 Å². The second kappa shape index (κ2) is 8.05. The lowest BCUT2D eigenvalue weighted by atomic mass is 10.1. The number of aromatic nitrogens is 4. The third kappa shape index (κ3) is 3.95. The molecule has 1 fully saturated rings. The highest BCUT2D eigenvalue weighted by atomic mass is 32.1. The lowest BCUT2D eigenvalue weighted by molar-refractivity contribution is 0.0737. The van der Waals surface area contributed by atoms with Gasteiger partial charge >= 0.3 is 0 Å². The van der Waals surface area contributed by atoms with Crippen molar-refractivity contribution in [2.75, 3.05) is 13.1 Å². The highest BCUT2D eigenvalue weighted by molar-refractivity contribution is 7.13. The quantitative estimate of drug-likeness (QED) is 0.676. The average molecular weight is 439 g/mol. The molecule has 1 unspecified atom stereocenters. The van der Waals surface area contributed by atoms with E-state index in [1.165, 1.54) is 11.3 Å². The van der Waals surface area contributed by atoms with Crippen molar-refractivity contribution in [3.05, 3.63) is 67.3 Å². The van der Waals surface area contributed by atoms with Crippen molar-refractivity contribution < 1.29 is 4.79 Å². The number of nitrogens with zero attached hydrogens (tertiary/aromatic N) is 5. The minimum absolute atomic E-state index is 0.00864. The molecular weight excluding hydrogens is 412 g/mol. The number of hydrogen-bond acceptors (Lipinski definition) is 6. The zero-order valence-corrected chi connectivity index (χ0v) is 18.6. The molecule has 0 aliphatic carbocycles. The molecule has 2 aliphatic rings. The number of aryl methyl sites for hydroxylation is 2. The lowest BCUT2D eigenvalue weighted by Gasteiger charge is -2.29. The molecule has 0 aromatic carbocycles. The van der Waals surface area contributed by atoms with E-state index in [2.05, 4.69) is 15.0 Å². The SMILES string of the molecule is Cc1ccc(C(=O)N2CCc3nc(C4CCCN4Cc4cnn(C)c4)[nH]c(=O)c3C2)s1. The molecule has 1 amide bonds. The molecule has 31 heavy (non-hydrogen) atoms. The first kappa shape index (κ1) is 20.1. The van der Waals surface area contributed by atoms with Crippen LogP contribution < -0.4 is 5.56 Å². The van der Waals surface area contributed by atoms with Crippen molar-refractivity contribution in [1.82, 2.24) is 29.5 Å². The van der Waals surface area contributed by atoms with Gasteiger partial charge < -0.3 is 9.88 Å². The molecule has 9 heteroatoms. The van der Waals surface area contributed by atoms with Crippen molar-refractivity contribution in [2.45, 2.75) is 45.3 Å². The summed E-state index contributed by atoms with van der Waals surface area (Å²) in [4.78, 5) is 39.6. The summed E-state index contributed by atoms with van der Waals surface area (Å²) in [5.41, 5.74) is 2.49. The lowest BCUT2D eigenvalue weighted by Crippen LogP contribution is -2.40. The molecule has 3 aromatic heterocycles. The van der Waals surface area contributed by atoms with Crippen LogP contribution in [0.4, 0.5) is 0 Å². The molecule has 1 N–H and O–H groups in total. The number of H-pyrrole nitrogens is 1. The fourth-order valence-electron chi connectivity index (χ4n) is 4.59. The molecule has 1 saturated heterocycles. The van der Waals surface area contributed by atoms with Crippen LogP contribution in [0.15, 0.2) is 29.3 Å². The first-order chi connectivity index (χ1) is 15.0. The van der Waals surface area contributed by atoms with E-state index < -0.39 is 0 Å². The third-order valence-corrected chi connectivity index (χ3v) is 7.14. The zero-order valence-electron chi connectivity index (χ0n) is 17.8. The third-order valence-electron chi connectivity index (χ3n) is 6.15. The second-order valence-corrected chi connectivity index (χ2v) is 9.70. The van der Waals surface area contributed by atoms with Gasteiger partial charge in [-0.1, -0.05) is 0 Å². The maximum absolute atomic E-state index is 13.0. The molecule has 8 nitrogen and oxygen atoms in total. The fraction of sp³-hybridized carbons (Fsp3) is 0.455. The van der Waals surface area contributed by atoms with Crippen molar-refractivity contribution in [1.29, 1.82) is 0 Å². The van der Waals surface area contributed by atoms with Crippen LogP contribution in [0.1, 0.15) is 56.1 Å². The van der Waals surface area contributed by atoms with Gasteiger partial charge in [0.2, 0.25) is 0 Å². The largest absolute Gasteiger partial charge is 0.333 e. The van der Waals surface area contributed by atoms with Gasteiger partial charge in [-0.15, -0.1) is 11.3 Å². The highest BCUT2D eigenvalue weighted by Gasteiger charge is 2.31. The number of carbonyl (C=O) groups excluding carboxylic acids is 1. The van der Waals surface area contributed by atoms with Gasteiger partial charge in [-0.25, -0.2) is 4.98 Å². The van der Waals surface area contributed by atoms with Crippen LogP contribution in [-0.4, -0.2) is 48.5 Å². The number of nitrogens with one attached hydrogen (secondary N) is 1. The minimum Gasteiger partial charge on any atom is -0.333 e. The van der Waals surface area contributed by atoms with Gasteiger partial charge in [0, 0.05) is 43.2 Å². The second-order valence-electron chi connectivity index (χ2n) is 8.41. The van der Waals surface area contributed by atoms with Gasteiger partial charge in [-0.3, -0.25) is 19.2 Å². The van der Waals surface area contributed by atoms with E-state index >= 15 is 0 Å². The van der Waals surface area contributed by atoms with E-state index in [4.69, 9.17) is 4.98 Å². The Kier molecular flexibility index (Phi) is 5.23. The first-order valence-electron chi connectivity index (χ1n) is 10.7. The van der Waals surface area contributed by atoms with E-state index in [-0.39, 0.29) is 17.5 Å². The van der Waals surface area contributed by atoms with Crippen LogP contribution in [-0.2, 0) is 26.6 Å². The van der Waals surface area contributed by atoms with Crippen LogP contribution in [0, 0.1) is 6.92 Å². The Balaban J connectivity index is 1.36. The van der Waals surface area contributed by atoms with Gasteiger partial charge in [0.05, 0.1) is 34.9 Å². The highest BCUT2D eigenvalue weighted by Crippen LogP contribution is 2.31. The zero-order chi connectivity index (χ0) is 21.5. The summed E-state index contributed by atoms with van der Waals surface area (Å²) in [5, 5.41) is 4.26. The summed E-state index contributed by atoms with van der Waals surface area (Å²) < 4.78 is 1.81. The smallest absolute Gasteiger partial charge is 0.264 e. The molecule has 5 heterocycles. The van der Waals surface area contributed by atoms with Crippen molar-refractivity contribution in [3.8, 4) is 0 Å². The molecular formula is C22H26N6O2S. The van der Waals surface area contributed by atoms with Gasteiger partial charge in [0.25, 0.3) is 11.5 Å². The summed E-state index contributed by atoms with van der Waals surface area (Å²) in [6, 6.07) is 3.92. The Morgan fingerprint density at radius 2 is 2.19 bits per heavy atom. The normalized spacial score (nSPS) is 19.0. The molecule has 162 valence electrons. The molecule has 2 aliphatic heterocycles. The summed E-state index contributed by atoms with van der Waals surface area (Å²) in [6.07, 6.45) is 6.58. The van der Waals surface area contributed by atoms with Gasteiger partial charge in [0.15, 0.2) is 0 Å². The standard InChI is InChI=1S/C22H26N6O2S/c1-14-5-6-19(31-14)22(30)28-9-7-17-16(13-28)21(29)25-20(24-17)18-4-3-8-27(18)12-15-10-23-26(2)11-15/h5-6,10-11,18H,3-4,7-9,12-13H2,1-2H3,(H,24,25,29). The number of hydrogen-bond donors (Lipinski definition) is 1. The van der Waals surface area contributed by atoms with Gasteiger partial charge in [0.1, 0.15) is 5.82 Å². The molecule has 1 atom stereocenters. The number of likely N-dealkylation sites (tertiary alicyclic amines) is 1. The van der Waals surface area contributed by atoms with E-state index in [0.717, 1.165) is 52.8 Å². The Morgan fingerprint density at radius 1 is 1.32 bits per heavy atom. The molecule has 0 radical (unpaired) electrons. The summed E-state index contributed by atoms with van der Waals surface area (Å²) >= 11 is 1.49. The summed E-state index contributed by atoms with van der Waals surface area (Å²) in [7, 11) is 1.92. The van der Waals surface area contributed by atoms with Crippen LogP contribution in [0.3, 0.4) is 0 Å². The molecule has 3 aromatic rings. The first-order valence-corrected chi connectivity index (χ1v) is 11.5. The number of thiophene rings is 1. The number of aromatic amines is 1. The predicted octanol–water partition coefficient (Wildman–Crippen LogP) is 2.41. The number of amides is 1. The maximum atomic E-state index is 13.0. The van der Waals surface area contributed by atoms with E-state index in [9.17, 15) is 9.59 Å². The van der Waals surface area contributed by atoms with Crippen molar-refractivity contribution >= 4 is 17.2 Å². The monoisotopic (exact) mass is 438 g/mol. The van der Waals surface area contributed by atoms with Crippen molar-refractivity contribution in [2.24, 2.45) is 7.05 Å². The molecule has 5 rings (SSSR count). The average Bonchev–Trinajstić information content (AvgIpc) is 3.49. The van der Waals surface area contributed by atoms with E-state index in [0.29, 0.717) is 25.1 Å². The summed E-state index contributed by atoms with van der Waals surface area (Å²) in [6.45, 7) is 4.66. The Labute approximate surface area is 184 Å². The number of rotatable bonds is 4. The van der Waals surface area contributed by atoms with Crippen molar-refractivity contribution in [3.63, 3.8) is 0 Å². The predicted molar refractivity (Wildman–Crippen MR) is 118 cm³/mol. The Morgan fingerprint density at radius 3 is 2.94 bits per heavy atom. The molecule has 0 saturated carbocycles. The molecule has 0 spiro atoms. The maximum Gasteiger partial charge on any atom is 0.264 e. The Bertz CT molecular complexity index is 1180. The number of carbonyl (C=O) groups is 1. The van der Waals surface area contributed by atoms with E-state index in [1.807, 2.05) is 43.2 Å². The van der Waals surface area contributed by atoms with Crippen LogP contribution in [0.2, 0.25) is 0 Å².